The van der Waals surface area contributed by atoms with Gasteiger partial charge >= 0.3 is 6.18 Å². The summed E-state index contributed by atoms with van der Waals surface area (Å²) in [6, 6.07) is 11.8. The van der Waals surface area contributed by atoms with Gasteiger partial charge in [0.1, 0.15) is 17.4 Å². The fraction of sp³-hybridized carbons (Fsp3) is 0.308. The quantitative estimate of drug-likeness (QED) is 0.367. The summed E-state index contributed by atoms with van der Waals surface area (Å²) in [5.41, 5.74) is 0.979. The highest BCUT2D eigenvalue weighted by Gasteiger charge is 2.36. The lowest BCUT2D eigenvalue weighted by Gasteiger charge is -2.25. The Morgan fingerprint density at radius 1 is 1.14 bits per heavy atom. The van der Waals surface area contributed by atoms with Crippen LogP contribution in [-0.4, -0.2) is 46.0 Å². The summed E-state index contributed by atoms with van der Waals surface area (Å²) >= 11 is 0. The molecule has 1 fully saturated rings. The van der Waals surface area contributed by atoms with Gasteiger partial charge < -0.3 is 14.7 Å². The summed E-state index contributed by atoms with van der Waals surface area (Å²) in [6.45, 7) is 2.29. The van der Waals surface area contributed by atoms with Crippen molar-refractivity contribution < 1.29 is 27.4 Å². The number of aryl methyl sites for hydroxylation is 1. The Bertz CT molecular complexity index is 1420. The zero-order chi connectivity index (χ0) is 25.6. The predicted octanol–water partition coefficient (Wildman–Crippen LogP) is 5.50. The van der Waals surface area contributed by atoms with E-state index in [0.717, 1.165) is 24.5 Å². The second-order valence-corrected chi connectivity index (χ2v) is 8.76. The maximum Gasteiger partial charge on any atom is 0.419 e. The molecule has 0 aliphatic carbocycles. The lowest BCUT2D eigenvalue weighted by molar-refractivity contribution is -0.139. The van der Waals surface area contributed by atoms with Crippen molar-refractivity contribution in [2.45, 2.75) is 32.0 Å². The maximum atomic E-state index is 15.3. The molecule has 1 unspecified atom stereocenters. The van der Waals surface area contributed by atoms with Crippen LogP contribution in [0.25, 0.3) is 28.0 Å². The molecule has 0 bridgehead atoms. The monoisotopic (exact) mass is 500 g/mol. The molecule has 1 saturated heterocycles. The summed E-state index contributed by atoms with van der Waals surface area (Å²) < 4.78 is 62.5. The molecule has 10 heteroatoms. The van der Waals surface area contributed by atoms with Crippen LogP contribution >= 0.6 is 0 Å². The Morgan fingerprint density at radius 3 is 2.56 bits per heavy atom. The highest BCUT2D eigenvalue weighted by molar-refractivity contribution is 5.83. The number of halogens is 4. The average Bonchev–Trinajstić information content (AvgIpc) is 3.46. The van der Waals surface area contributed by atoms with Crippen molar-refractivity contribution in [3.8, 4) is 28.1 Å². The van der Waals surface area contributed by atoms with Gasteiger partial charge in [-0.05, 0) is 49.6 Å². The number of fused-ring (bicyclic) bond motifs is 1. The van der Waals surface area contributed by atoms with E-state index in [9.17, 15) is 18.3 Å². The van der Waals surface area contributed by atoms with Crippen molar-refractivity contribution in [1.29, 1.82) is 0 Å². The third-order valence-corrected chi connectivity index (χ3v) is 6.59. The van der Waals surface area contributed by atoms with Crippen molar-refractivity contribution in [1.82, 2.24) is 14.6 Å². The summed E-state index contributed by atoms with van der Waals surface area (Å²) in [6.07, 6.45) is -3.27. The highest BCUT2D eigenvalue weighted by atomic mass is 19.4. The Kier molecular flexibility index (Phi) is 6.07. The molecule has 0 spiro atoms. The fourth-order valence-electron chi connectivity index (χ4n) is 4.82. The van der Waals surface area contributed by atoms with Crippen molar-refractivity contribution in [3.63, 3.8) is 0 Å². The number of aliphatic hydroxyl groups excluding tert-OH is 1. The number of methoxy groups -OCH3 is 1. The van der Waals surface area contributed by atoms with Crippen LogP contribution in [0.1, 0.15) is 24.1 Å². The minimum atomic E-state index is -4.85. The molecule has 2 aromatic heterocycles. The van der Waals surface area contributed by atoms with Crippen LogP contribution in [-0.2, 0) is 6.18 Å². The molecule has 0 radical (unpaired) electrons. The van der Waals surface area contributed by atoms with Crippen LogP contribution in [0.4, 0.5) is 23.4 Å². The van der Waals surface area contributed by atoms with Gasteiger partial charge in [0.15, 0.2) is 5.65 Å². The molecule has 1 aliphatic heterocycles. The van der Waals surface area contributed by atoms with E-state index in [-0.39, 0.29) is 23.9 Å². The van der Waals surface area contributed by atoms with E-state index in [2.05, 4.69) is 5.10 Å². The van der Waals surface area contributed by atoms with Crippen LogP contribution in [0.15, 0.2) is 48.5 Å². The number of hydrogen-bond donors (Lipinski definition) is 1. The van der Waals surface area contributed by atoms with Gasteiger partial charge in [-0.25, -0.2) is 13.9 Å². The summed E-state index contributed by atoms with van der Waals surface area (Å²) in [7, 11) is 1.56. The Hall–Kier alpha value is -3.66. The van der Waals surface area contributed by atoms with E-state index in [1.807, 2.05) is 17.0 Å². The van der Waals surface area contributed by atoms with Crippen LogP contribution in [0.3, 0.4) is 0 Å². The lowest BCUT2D eigenvalue weighted by Crippen LogP contribution is -2.33. The predicted molar refractivity (Wildman–Crippen MR) is 128 cm³/mol. The molecule has 6 nitrogen and oxygen atoms in total. The number of benzene rings is 2. The molecule has 2 aromatic carbocycles. The van der Waals surface area contributed by atoms with Crippen LogP contribution < -0.4 is 9.64 Å². The first-order valence-corrected chi connectivity index (χ1v) is 11.5. The number of nitrogens with zero attached hydrogens (tertiary/aromatic N) is 4. The van der Waals surface area contributed by atoms with E-state index >= 15 is 4.39 Å². The number of aliphatic hydroxyl groups is 1. The molecular weight excluding hydrogens is 476 g/mol. The Balaban J connectivity index is 1.79. The molecule has 5 rings (SSSR count). The largest absolute Gasteiger partial charge is 0.497 e. The zero-order valence-corrected chi connectivity index (χ0v) is 19.7. The standard InChI is InChI=1S/C26H24F4N4O2/c1-15-23(16-8-10-18(36-2)11-9-16)25-31-22(33-12-4-5-17(33)14-35)13-21(34(25)32-15)19-6-3-7-20(24(19)27)26(28,29)30/h3,6-11,13,17,35H,4-5,12,14H2,1-2H3. The lowest BCUT2D eigenvalue weighted by atomic mass is 10.0. The van der Waals surface area contributed by atoms with Crippen molar-refractivity contribution in [3.05, 3.63) is 65.6 Å². The molecule has 0 amide bonds. The maximum absolute atomic E-state index is 15.3. The van der Waals surface area contributed by atoms with Gasteiger partial charge in [0, 0.05) is 23.7 Å². The first kappa shape index (κ1) is 24.1. The van der Waals surface area contributed by atoms with Crippen molar-refractivity contribution >= 4 is 11.5 Å². The van der Waals surface area contributed by atoms with Gasteiger partial charge in [0.2, 0.25) is 0 Å². The van der Waals surface area contributed by atoms with Crippen LogP contribution in [0, 0.1) is 12.7 Å². The smallest absolute Gasteiger partial charge is 0.419 e. The van der Waals surface area contributed by atoms with Crippen molar-refractivity contribution in [2.75, 3.05) is 25.2 Å². The minimum absolute atomic E-state index is 0.0935. The van der Waals surface area contributed by atoms with Crippen molar-refractivity contribution in [2.24, 2.45) is 0 Å². The Morgan fingerprint density at radius 2 is 1.89 bits per heavy atom. The number of alkyl halides is 3. The second-order valence-electron chi connectivity index (χ2n) is 8.76. The van der Waals surface area contributed by atoms with E-state index in [1.165, 1.54) is 16.6 Å². The van der Waals surface area contributed by atoms with Crippen LogP contribution in [0.2, 0.25) is 0 Å². The molecule has 1 N–H and O–H groups in total. The van der Waals surface area contributed by atoms with Gasteiger partial charge in [-0.15, -0.1) is 0 Å². The number of anilines is 1. The molecule has 188 valence electrons. The molecular formula is C26H24F4N4O2. The van der Waals surface area contributed by atoms with Gasteiger partial charge in [0.05, 0.1) is 36.7 Å². The number of rotatable bonds is 5. The third-order valence-electron chi connectivity index (χ3n) is 6.59. The molecule has 1 aliphatic rings. The highest BCUT2D eigenvalue weighted by Crippen LogP contribution is 2.39. The number of ether oxygens (including phenoxy) is 1. The van der Waals surface area contributed by atoms with Gasteiger partial charge in [0.25, 0.3) is 0 Å². The first-order valence-electron chi connectivity index (χ1n) is 11.5. The third kappa shape index (κ3) is 4.05. The SMILES string of the molecule is COc1ccc(-c2c(C)nn3c(-c4cccc(C(F)(F)F)c4F)cc(N4CCCC4CO)nc23)cc1. The normalized spacial score (nSPS) is 16.2. The summed E-state index contributed by atoms with van der Waals surface area (Å²) in [5, 5.41) is 14.4. The first-order chi connectivity index (χ1) is 17.2. The van der Waals surface area contributed by atoms with Gasteiger partial charge in [-0.1, -0.05) is 18.2 Å². The fourth-order valence-corrected chi connectivity index (χ4v) is 4.82. The average molecular weight is 500 g/mol. The summed E-state index contributed by atoms with van der Waals surface area (Å²) in [5.74, 6) is -0.264. The van der Waals surface area contributed by atoms with E-state index < -0.39 is 17.6 Å². The molecule has 0 saturated carbocycles. The number of hydrogen-bond acceptors (Lipinski definition) is 5. The second kappa shape index (κ2) is 9.09. The molecule has 36 heavy (non-hydrogen) atoms. The zero-order valence-electron chi connectivity index (χ0n) is 19.7. The van der Waals surface area contributed by atoms with E-state index in [0.29, 0.717) is 35.0 Å². The summed E-state index contributed by atoms with van der Waals surface area (Å²) in [4.78, 5) is 6.73. The molecule has 3 heterocycles. The topological polar surface area (TPSA) is 62.9 Å². The van der Waals surface area contributed by atoms with Gasteiger partial charge in [-0.3, -0.25) is 0 Å². The van der Waals surface area contributed by atoms with E-state index in [1.54, 1.807) is 32.2 Å². The Labute approximate surface area is 204 Å². The van der Waals surface area contributed by atoms with Crippen LogP contribution in [0.5, 0.6) is 5.75 Å². The number of aromatic nitrogens is 3. The van der Waals surface area contributed by atoms with Gasteiger partial charge in [-0.2, -0.15) is 18.3 Å². The molecule has 1 atom stereocenters. The van der Waals surface area contributed by atoms with E-state index in [4.69, 9.17) is 9.72 Å². The molecule has 4 aromatic rings. The minimum Gasteiger partial charge on any atom is -0.497 e.